The van der Waals surface area contributed by atoms with Crippen molar-refractivity contribution in [3.63, 3.8) is 0 Å². The highest BCUT2D eigenvalue weighted by Gasteiger charge is 2.26. The van der Waals surface area contributed by atoms with E-state index in [1.165, 1.54) is 5.56 Å². The zero-order valence-corrected chi connectivity index (χ0v) is 11.7. The van der Waals surface area contributed by atoms with Crippen LogP contribution in [-0.2, 0) is 0 Å². The van der Waals surface area contributed by atoms with Gasteiger partial charge in [0, 0.05) is 30.1 Å². The number of likely N-dealkylation sites (tertiary alicyclic amines) is 1. The summed E-state index contributed by atoms with van der Waals surface area (Å²) in [6.07, 6.45) is 1.08. The van der Waals surface area contributed by atoms with Crippen LogP contribution in [0.25, 0.3) is 10.8 Å². The van der Waals surface area contributed by atoms with Crippen molar-refractivity contribution in [2.45, 2.75) is 19.3 Å². The smallest absolute Gasteiger partial charge is 0.256 e. The predicted octanol–water partition coefficient (Wildman–Crippen LogP) is 1.62. The molecule has 1 aliphatic heterocycles. The lowest BCUT2D eigenvalue weighted by atomic mass is 9.92. The van der Waals surface area contributed by atoms with Gasteiger partial charge in [-0.1, -0.05) is 18.2 Å². The number of aliphatic hydroxyl groups is 1. The van der Waals surface area contributed by atoms with Gasteiger partial charge in [0.2, 0.25) is 0 Å². The minimum Gasteiger partial charge on any atom is -0.395 e. The molecule has 1 atom stereocenters. The van der Waals surface area contributed by atoms with Crippen molar-refractivity contribution in [1.82, 2.24) is 9.88 Å². The maximum absolute atomic E-state index is 12.0. The number of aromatic nitrogens is 1. The molecule has 4 nitrogen and oxygen atoms in total. The van der Waals surface area contributed by atoms with Crippen LogP contribution in [0.1, 0.15) is 23.6 Å². The van der Waals surface area contributed by atoms with E-state index in [1.807, 2.05) is 31.2 Å². The van der Waals surface area contributed by atoms with E-state index in [0.29, 0.717) is 5.92 Å². The maximum Gasteiger partial charge on any atom is 0.256 e. The normalized spacial score (nSPS) is 19.8. The standard InChI is InChI=1S/C16H20N2O2/c1-11-15(12-6-7-18(10-12)8-9-19)13-4-2-3-5-14(13)16(20)17-11/h2-5,12,19H,6-10H2,1H3,(H,17,20). The van der Waals surface area contributed by atoms with E-state index in [9.17, 15) is 4.79 Å². The molecule has 1 aromatic heterocycles. The Morgan fingerprint density at radius 2 is 2.10 bits per heavy atom. The van der Waals surface area contributed by atoms with E-state index in [2.05, 4.69) is 9.88 Å². The summed E-state index contributed by atoms with van der Waals surface area (Å²) in [6, 6.07) is 7.83. The zero-order valence-electron chi connectivity index (χ0n) is 11.7. The van der Waals surface area contributed by atoms with Crippen LogP contribution < -0.4 is 5.56 Å². The largest absolute Gasteiger partial charge is 0.395 e. The van der Waals surface area contributed by atoms with Gasteiger partial charge >= 0.3 is 0 Å². The quantitative estimate of drug-likeness (QED) is 0.892. The van der Waals surface area contributed by atoms with Crippen LogP contribution in [0.5, 0.6) is 0 Å². The van der Waals surface area contributed by atoms with E-state index in [4.69, 9.17) is 5.11 Å². The number of benzene rings is 1. The number of pyridine rings is 1. The Balaban J connectivity index is 2.06. The summed E-state index contributed by atoms with van der Waals surface area (Å²) in [5, 5.41) is 10.9. The molecule has 1 saturated heterocycles. The van der Waals surface area contributed by atoms with E-state index in [1.54, 1.807) is 0 Å². The summed E-state index contributed by atoms with van der Waals surface area (Å²) < 4.78 is 0. The second kappa shape index (κ2) is 5.38. The van der Waals surface area contributed by atoms with Crippen LogP contribution in [0.3, 0.4) is 0 Å². The molecule has 0 radical (unpaired) electrons. The number of aliphatic hydroxyl groups excluding tert-OH is 1. The fourth-order valence-corrected chi connectivity index (χ4v) is 3.36. The van der Waals surface area contributed by atoms with Crippen molar-refractivity contribution < 1.29 is 5.11 Å². The van der Waals surface area contributed by atoms with Gasteiger partial charge in [-0.25, -0.2) is 0 Å². The van der Waals surface area contributed by atoms with Crippen molar-refractivity contribution in [2.75, 3.05) is 26.2 Å². The average Bonchev–Trinajstić information content (AvgIpc) is 2.88. The third kappa shape index (κ3) is 2.25. The number of nitrogens with one attached hydrogen (secondary N) is 1. The van der Waals surface area contributed by atoms with Crippen LogP contribution in [0.2, 0.25) is 0 Å². The Kier molecular flexibility index (Phi) is 3.59. The maximum atomic E-state index is 12.0. The van der Waals surface area contributed by atoms with Crippen LogP contribution in [0, 0.1) is 6.92 Å². The van der Waals surface area contributed by atoms with E-state index in [0.717, 1.165) is 42.5 Å². The molecule has 2 heterocycles. The molecule has 2 N–H and O–H groups in total. The van der Waals surface area contributed by atoms with Gasteiger partial charge in [0.25, 0.3) is 5.56 Å². The van der Waals surface area contributed by atoms with Crippen LogP contribution in [-0.4, -0.2) is 41.2 Å². The average molecular weight is 272 g/mol. The van der Waals surface area contributed by atoms with Gasteiger partial charge < -0.3 is 15.0 Å². The van der Waals surface area contributed by atoms with Gasteiger partial charge in [-0.05, 0) is 36.9 Å². The van der Waals surface area contributed by atoms with E-state index < -0.39 is 0 Å². The molecule has 0 bridgehead atoms. The highest BCUT2D eigenvalue weighted by molar-refractivity contribution is 5.86. The molecule has 4 heteroatoms. The Hall–Kier alpha value is -1.65. The Bertz CT molecular complexity index is 678. The van der Waals surface area contributed by atoms with Gasteiger partial charge in [-0.15, -0.1) is 0 Å². The van der Waals surface area contributed by atoms with Crippen molar-refractivity contribution >= 4 is 10.8 Å². The molecular weight excluding hydrogens is 252 g/mol. The first-order chi connectivity index (χ1) is 9.70. The third-order valence-corrected chi connectivity index (χ3v) is 4.26. The van der Waals surface area contributed by atoms with Crippen molar-refractivity contribution in [3.05, 3.63) is 45.9 Å². The first-order valence-corrected chi connectivity index (χ1v) is 7.15. The molecule has 0 aliphatic carbocycles. The summed E-state index contributed by atoms with van der Waals surface area (Å²) in [5.41, 5.74) is 2.23. The van der Waals surface area contributed by atoms with E-state index >= 15 is 0 Å². The van der Waals surface area contributed by atoms with Gasteiger partial charge in [0.1, 0.15) is 0 Å². The molecule has 20 heavy (non-hydrogen) atoms. The highest BCUT2D eigenvalue weighted by atomic mass is 16.3. The summed E-state index contributed by atoms with van der Waals surface area (Å²) >= 11 is 0. The Labute approximate surface area is 118 Å². The number of rotatable bonds is 3. The number of H-pyrrole nitrogens is 1. The van der Waals surface area contributed by atoms with Gasteiger partial charge in [-0.3, -0.25) is 4.79 Å². The molecule has 106 valence electrons. The second-order valence-electron chi connectivity index (χ2n) is 5.55. The lowest BCUT2D eigenvalue weighted by Gasteiger charge is -2.17. The lowest BCUT2D eigenvalue weighted by molar-refractivity contribution is 0.220. The van der Waals surface area contributed by atoms with Crippen LogP contribution in [0.15, 0.2) is 29.1 Å². The first-order valence-electron chi connectivity index (χ1n) is 7.15. The Morgan fingerprint density at radius 3 is 2.85 bits per heavy atom. The summed E-state index contributed by atoms with van der Waals surface area (Å²) in [7, 11) is 0. The summed E-state index contributed by atoms with van der Waals surface area (Å²) in [5.74, 6) is 0.434. The number of aryl methyl sites for hydroxylation is 1. The minimum absolute atomic E-state index is 0.00735. The fraction of sp³-hybridized carbons (Fsp3) is 0.438. The van der Waals surface area contributed by atoms with Gasteiger partial charge in [0.15, 0.2) is 0 Å². The van der Waals surface area contributed by atoms with E-state index in [-0.39, 0.29) is 12.2 Å². The molecule has 0 amide bonds. The molecule has 2 aromatic rings. The monoisotopic (exact) mass is 272 g/mol. The molecule has 0 saturated carbocycles. The number of β-amino-alcohol motifs (C(OH)–C–C–N with tert-alkyl or cyclic N) is 1. The zero-order chi connectivity index (χ0) is 14.1. The Morgan fingerprint density at radius 1 is 1.35 bits per heavy atom. The minimum atomic E-state index is -0.00735. The van der Waals surface area contributed by atoms with Crippen LogP contribution in [0.4, 0.5) is 0 Å². The predicted molar refractivity (Wildman–Crippen MR) is 80.2 cm³/mol. The molecule has 1 aliphatic rings. The summed E-state index contributed by atoms with van der Waals surface area (Å²) in [4.78, 5) is 17.3. The fourth-order valence-electron chi connectivity index (χ4n) is 3.36. The SMILES string of the molecule is Cc1[nH]c(=O)c2ccccc2c1C1CCN(CCO)C1. The number of hydrogen-bond acceptors (Lipinski definition) is 3. The van der Waals surface area contributed by atoms with Gasteiger partial charge in [-0.2, -0.15) is 0 Å². The first kappa shape index (κ1) is 13.3. The number of aromatic amines is 1. The van der Waals surface area contributed by atoms with Crippen molar-refractivity contribution in [2.24, 2.45) is 0 Å². The molecule has 0 spiro atoms. The third-order valence-electron chi connectivity index (χ3n) is 4.26. The van der Waals surface area contributed by atoms with Crippen molar-refractivity contribution in [1.29, 1.82) is 0 Å². The lowest BCUT2D eigenvalue weighted by Crippen LogP contribution is -2.24. The van der Waals surface area contributed by atoms with Crippen LogP contribution >= 0.6 is 0 Å². The molecule has 1 fully saturated rings. The number of hydrogen-bond donors (Lipinski definition) is 2. The number of fused-ring (bicyclic) bond motifs is 1. The second-order valence-corrected chi connectivity index (χ2v) is 5.55. The molecule has 1 unspecified atom stereocenters. The topological polar surface area (TPSA) is 56.3 Å². The molecule has 3 rings (SSSR count). The number of nitrogens with zero attached hydrogens (tertiary/aromatic N) is 1. The molecular formula is C16H20N2O2. The van der Waals surface area contributed by atoms with Gasteiger partial charge in [0.05, 0.1) is 6.61 Å². The summed E-state index contributed by atoms with van der Waals surface area (Å²) in [6.45, 7) is 4.89. The van der Waals surface area contributed by atoms with Crippen molar-refractivity contribution in [3.8, 4) is 0 Å². The molecule has 1 aromatic carbocycles. The highest BCUT2D eigenvalue weighted by Crippen LogP contribution is 2.32.